The Hall–Kier alpha value is -0.740. The van der Waals surface area contributed by atoms with Crippen molar-refractivity contribution in [3.63, 3.8) is 0 Å². The van der Waals surface area contributed by atoms with Gasteiger partial charge in [0.2, 0.25) is 0 Å². The van der Waals surface area contributed by atoms with Crippen molar-refractivity contribution < 1.29 is 0 Å². The van der Waals surface area contributed by atoms with E-state index in [1.165, 1.54) is 28.9 Å². The minimum Gasteiger partial charge on any atom is -0.361 e. The number of aromatic nitrogens is 1. The fourth-order valence-electron chi connectivity index (χ4n) is 1.73. The Kier molecular flexibility index (Phi) is 4.68. The second kappa shape index (κ2) is 6.26. The van der Waals surface area contributed by atoms with E-state index in [9.17, 15) is 0 Å². The zero-order valence-corrected chi connectivity index (χ0v) is 12.0. The van der Waals surface area contributed by atoms with Gasteiger partial charge in [-0.1, -0.05) is 23.5 Å². The van der Waals surface area contributed by atoms with Gasteiger partial charge in [0, 0.05) is 6.54 Å². The second-order valence-electron chi connectivity index (χ2n) is 4.07. The fourth-order valence-corrected chi connectivity index (χ4v) is 3.19. The largest absolute Gasteiger partial charge is 0.361 e. The van der Waals surface area contributed by atoms with E-state index in [4.69, 9.17) is 0 Å². The highest BCUT2D eigenvalue weighted by molar-refractivity contribution is 7.98. The number of hydrogen-bond acceptors (Lipinski definition) is 4. The van der Waals surface area contributed by atoms with Crippen molar-refractivity contribution in [1.82, 2.24) is 4.98 Å². The molecule has 0 saturated heterocycles. The van der Waals surface area contributed by atoms with Crippen LogP contribution in [0.3, 0.4) is 0 Å². The molecule has 0 amide bonds. The zero-order valence-electron chi connectivity index (χ0n) is 10.3. The van der Waals surface area contributed by atoms with Crippen LogP contribution in [0.2, 0.25) is 0 Å². The maximum atomic E-state index is 4.63. The highest BCUT2D eigenvalue weighted by Crippen LogP contribution is 2.27. The van der Waals surface area contributed by atoms with E-state index in [-0.39, 0.29) is 0 Å². The first kappa shape index (κ1) is 12.7. The number of nitrogens with zero attached hydrogens (tertiary/aromatic N) is 1. The number of nitrogens with one attached hydrogen (secondary N) is 1. The highest BCUT2D eigenvalue weighted by Gasteiger charge is 2.04. The molecule has 1 heterocycles. The van der Waals surface area contributed by atoms with E-state index >= 15 is 0 Å². The summed E-state index contributed by atoms with van der Waals surface area (Å²) in [6.45, 7) is 3.14. The number of hydrogen-bond donors (Lipinski definition) is 1. The Morgan fingerprint density at radius 1 is 1.35 bits per heavy atom. The van der Waals surface area contributed by atoms with Crippen molar-refractivity contribution in [1.29, 1.82) is 0 Å². The molecule has 0 fully saturated rings. The maximum absolute atomic E-state index is 4.63. The van der Waals surface area contributed by atoms with Gasteiger partial charge in [0.1, 0.15) is 0 Å². The van der Waals surface area contributed by atoms with Crippen LogP contribution in [-0.2, 0) is 0 Å². The number of thiazole rings is 1. The van der Waals surface area contributed by atoms with Gasteiger partial charge in [0.05, 0.1) is 10.2 Å². The van der Waals surface area contributed by atoms with Crippen LogP contribution in [0.15, 0.2) is 18.2 Å². The third kappa shape index (κ3) is 3.36. The van der Waals surface area contributed by atoms with Crippen molar-refractivity contribution in [3.8, 4) is 0 Å². The van der Waals surface area contributed by atoms with E-state index in [2.05, 4.69) is 41.7 Å². The molecule has 1 aromatic carbocycles. The minimum absolute atomic E-state index is 1.03. The summed E-state index contributed by atoms with van der Waals surface area (Å²) in [6, 6.07) is 6.35. The number of benzene rings is 1. The smallest absolute Gasteiger partial charge is 0.183 e. The predicted octanol–water partition coefficient (Wildman–Crippen LogP) is 4.16. The average Bonchev–Trinajstić information content (AvgIpc) is 2.73. The van der Waals surface area contributed by atoms with Crippen LogP contribution in [0.4, 0.5) is 5.13 Å². The molecule has 0 bridgehead atoms. The van der Waals surface area contributed by atoms with Gasteiger partial charge in [-0.2, -0.15) is 11.8 Å². The minimum atomic E-state index is 1.03. The van der Waals surface area contributed by atoms with Gasteiger partial charge in [-0.25, -0.2) is 4.98 Å². The molecule has 1 N–H and O–H groups in total. The predicted molar refractivity (Wildman–Crippen MR) is 80.5 cm³/mol. The number of anilines is 1. The van der Waals surface area contributed by atoms with E-state index in [0.29, 0.717) is 0 Å². The van der Waals surface area contributed by atoms with Gasteiger partial charge in [0.15, 0.2) is 5.13 Å². The van der Waals surface area contributed by atoms with E-state index in [0.717, 1.165) is 17.2 Å². The van der Waals surface area contributed by atoms with Crippen molar-refractivity contribution in [3.05, 3.63) is 23.8 Å². The van der Waals surface area contributed by atoms with Crippen LogP contribution in [0.1, 0.15) is 18.4 Å². The Morgan fingerprint density at radius 2 is 2.24 bits per heavy atom. The summed E-state index contributed by atoms with van der Waals surface area (Å²) in [5.41, 5.74) is 2.40. The van der Waals surface area contributed by atoms with Gasteiger partial charge in [0.25, 0.3) is 0 Å². The summed E-state index contributed by atoms with van der Waals surface area (Å²) in [4.78, 5) is 4.63. The van der Waals surface area contributed by atoms with Crippen LogP contribution >= 0.6 is 23.1 Å². The molecule has 0 spiro atoms. The lowest BCUT2D eigenvalue weighted by atomic mass is 10.2. The Morgan fingerprint density at radius 3 is 3.00 bits per heavy atom. The second-order valence-corrected chi connectivity index (χ2v) is 6.08. The lowest BCUT2D eigenvalue weighted by molar-refractivity contribution is 0.842. The highest BCUT2D eigenvalue weighted by atomic mass is 32.2. The summed E-state index contributed by atoms with van der Waals surface area (Å²) in [5.74, 6) is 1.25. The van der Waals surface area contributed by atoms with E-state index in [1.54, 1.807) is 11.3 Å². The first-order valence-electron chi connectivity index (χ1n) is 5.90. The SMILES string of the molecule is CSCCCCNc1nc2c(C)cccc2s1. The summed E-state index contributed by atoms with van der Waals surface area (Å²) < 4.78 is 1.27. The van der Waals surface area contributed by atoms with Gasteiger partial charge < -0.3 is 5.32 Å². The number of thioether (sulfide) groups is 1. The van der Waals surface area contributed by atoms with Gasteiger partial charge in [-0.05, 0) is 43.4 Å². The fraction of sp³-hybridized carbons (Fsp3) is 0.462. The first-order valence-corrected chi connectivity index (χ1v) is 8.11. The van der Waals surface area contributed by atoms with Crippen molar-refractivity contribution >= 4 is 38.4 Å². The molecular weight excluding hydrogens is 248 g/mol. The number of unbranched alkanes of at least 4 members (excludes halogenated alkanes) is 1. The van der Waals surface area contributed by atoms with E-state index in [1.807, 2.05) is 11.8 Å². The zero-order chi connectivity index (χ0) is 12.1. The Labute approximate surface area is 111 Å². The quantitative estimate of drug-likeness (QED) is 0.795. The molecule has 17 heavy (non-hydrogen) atoms. The first-order chi connectivity index (χ1) is 8.31. The van der Waals surface area contributed by atoms with Crippen LogP contribution in [0.25, 0.3) is 10.2 Å². The van der Waals surface area contributed by atoms with E-state index < -0.39 is 0 Å². The number of para-hydroxylation sites is 1. The van der Waals surface area contributed by atoms with Crippen molar-refractivity contribution in [2.45, 2.75) is 19.8 Å². The van der Waals surface area contributed by atoms with Crippen LogP contribution in [0.5, 0.6) is 0 Å². The molecule has 0 unspecified atom stereocenters. The van der Waals surface area contributed by atoms with Gasteiger partial charge in [-0.3, -0.25) is 0 Å². The summed E-state index contributed by atoms with van der Waals surface area (Å²) >= 11 is 3.66. The van der Waals surface area contributed by atoms with Crippen molar-refractivity contribution in [2.75, 3.05) is 23.9 Å². The molecule has 0 aliphatic rings. The molecule has 2 rings (SSSR count). The number of fused-ring (bicyclic) bond motifs is 1. The van der Waals surface area contributed by atoms with Crippen LogP contribution < -0.4 is 5.32 Å². The Bertz CT molecular complexity index is 479. The molecule has 0 aliphatic carbocycles. The standard InChI is InChI=1S/C13H18N2S2/c1-10-6-5-7-11-12(10)15-13(17-11)14-8-3-4-9-16-2/h5-7H,3-4,8-9H2,1-2H3,(H,14,15). The van der Waals surface area contributed by atoms with Gasteiger partial charge in [-0.15, -0.1) is 0 Å². The third-order valence-electron chi connectivity index (χ3n) is 2.67. The lowest BCUT2D eigenvalue weighted by Gasteiger charge is -2.00. The monoisotopic (exact) mass is 266 g/mol. The number of rotatable bonds is 6. The van der Waals surface area contributed by atoms with Gasteiger partial charge >= 0.3 is 0 Å². The molecule has 0 aliphatic heterocycles. The van der Waals surface area contributed by atoms with Crippen LogP contribution in [0, 0.1) is 6.92 Å². The summed E-state index contributed by atoms with van der Waals surface area (Å²) in [7, 11) is 0. The van der Waals surface area contributed by atoms with Crippen LogP contribution in [-0.4, -0.2) is 23.5 Å². The molecule has 0 saturated carbocycles. The van der Waals surface area contributed by atoms with Crippen molar-refractivity contribution in [2.24, 2.45) is 0 Å². The summed E-state index contributed by atoms with van der Waals surface area (Å²) in [6.07, 6.45) is 4.65. The normalized spacial score (nSPS) is 10.9. The molecular formula is C13H18N2S2. The number of aryl methyl sites for hydroxylation is 1. The molecule has 0 radical (unpaired) electrons. The molecule has 92 valence electrons. The Balaban J connectivity index is 1.93. The molecule has 4 heteroatoms. The third-order valence-corrected chi connectivity index (χ3v) is 4.35. The average molecular weight is 266 g/mol. The molecule has 0 atom stereocenters. The lowest BCUT2D eigenvalue weighted by Crippen LogP contribution is -2.01. The molecule has 2 aromatic rings. The summed E-state index contributed by atoms with van der Waals surface area (Å²) in [5, 5.41) is 4.47. The maximum Gasteiger partial charge on any atom is 0.183 e. The molecule has 2 nitrogen and oxygen atoms in total. The molecule has 1 aromatic heterocycles. The topological polar surface area (TPSA) is 24.9 Å².